The van der Waals surface area contributed by atoms with E-state index in [1.807, 2.05) is 41.1 Å². The molecule has 5 nitrogen and oxygen atoms in total. The fourth-order valence-electron chi connectivity index (χ4n) is 2.07. The number of allylic oxidation sites excluding steroid dienone is 1. The zero-order valence-electron chi connectivity index (χ0n) is 11.0. The van der Waals surface area contributed by atoms with Crippen molar-refractivity contribution >= 4 is 5.82 Å². The van der Waals surface area contributed by atoms with Crippen molar-refractivity contribution in [3.8, 4) is 16.9 Å². The molecule has 20 heavy (non-hydrogen) atoms. The van der Waals surface area contributed by atoms with Gasteiger partial charge in [-0.15, -0.1) is 6.58 Å². The van der Waals surface area contributed by atoms with E-state index in [1.54, 1.807) is 23.3 Å². The Morgan fingerprint density at radius 3 is 2.80 bits per heavy atom. The summed E-state index contributed by atoms with van der Waals surface area (Å²) >= 11 is 0. The zero-order valence-corrected chi connectivity index (χ0v) is 11.0. The molecule has 0 fully saturated rings. The van der Waals surface area contributed by atoms with Gasteiger partial charge in [0, 0.05) is 18.3 Å². The van der Waals surface area contributed by atoms with Crippen molar-refractivity contribution in [2.24, 2.45) is 0 Å². The SMILES string of the molecule is C=CCn1cnc(-c2cnn(-c3ccccc3)c2)c1N. The Morgan fingerprint density at radius 2 is 2.05 bits per heavy atom. The van der Waals surface area contributed by atoms with Crippen LogP contribution in [0.4, 0.5) is 5.82 Å². The van der Waals surface area contributed by atoms with Gasteiger partial charge in [-0.1, -0.05) is 24.3 Å². The minimum Gasteiger partial charge on any atom is -0.383 e. The van der Waals surface area contributed by atoms with E-state index in [2.05, 4.69) is 16.7 Å². The van der Waals surface area contributed by atoms with E-state index in [1.165, 1.54) is 0 Å². The molecule has 0 aliphatic rings. The van der Waals surface area contributed by atoms with Gasteiger partial charge in [-0.05, 0) is 12.1 Å². The third-order valence-electron chi connectivity index (χ3n) is 3.08. The van der Waals surface area contributed by atoms with E-state index < -0.39 is 0 Å². The second-order valence-electron chi connectivity index (χ2n) is 4.43. The van der Waals surface area contributed by atoms with E-state index >= 15 is 0 Å². The summed E-state index contributed by atoms with van der Waals surface area (Å²) < 4.78 is 3.66. The minimum absolute atomic E-state index is 0.623. The molecular formula is C15H15N5. The number of hydrogen-bond donors (Lipinski definition) is 1. The first-order valence-corrected chi connectivity index (χ1v) is 6.31. The molecule has 1 aromatic carbocycles. The molecule has 0 saturated heterocycles. The van der Waals surface area contributed by atoms with Crippen LogP contribution < -0.4 is 5.73 Å². The van der Waals surface area contributed by atoms with Gasteiger partial charge in [0.1, 0.15) is 11.5 Å². The van der Waals surface area contributed by atoms with Crippen LogP contribution in [0.1, 0.15) is 0 Å². The molecule has 5 heteroatoms. The van der Waals surface area contributed by atoms with Gasteiger partial charge in [0.2, 0.25) is 0 Å². The molecule has 2 heterocycles. The Balaban J connectivity index is 1.96. The van der Waals surface area contributed by atoms with Crippen LogP contribution in [0.3, 0.4) is 0 Å². The molecule has 3 rings (SSSR count). The molecule has 2 N–H and O–H groups in total. The van der Waals surface area contributed by atoms with Crippen LogP contribution in [0.25, 0.3) is 16.9 Å². The Morgan fingerprint density at radius 1 is 1.25 bits per heavy atom. The predicted octanol–water partition coefficient (Wildman–Crippen LogP) is 2.50. The summed E-state index contributed by atoms with van der Waals surface area (Å²) in [7, 11) is 0. The largest absolute Gasteiger partial charge is 0.383 e. The molecule has 0 saturated carbocycles. The second-order valence-corrected chi connectivity index (χ2v) is 4.43. The van der Waals surface area contributed by atoms with E-state index in [-0.39, 0.29) is 0 Å². The number of anilines is 1. The lowest BCUT2D eigenvalue weighted by Gasteiger charge is -2.01. The number of rotatable bonds is 4. The third kappa shape index (κ3) is 2.09. The first-order valence-electron chi connectivity index (χ1n) is 6.31. The molecule has 0 unspecified atom stereocenters. The summed E-state index contributed by atoms with van der Waals surface area (Å²) in [6, 6.07) is 9.92. The molecule has 0 atom stereocenters. The number of aromatic nitrogens is 4. The van der Waals surface area contributed by atoms with Crippen LogP contribution in [-0.4, -0.2) is 19.3 Å². The van der Waals surface area contributed by atoms with Crippen molar-refractivity contribution in [2.45, 2.75) is 6.54 Å². The van der Waals surface area contributed by atoms with Crippen molar-refractivity contribution in [1.29, 1.82) is 0 Å². The average molecular weight is 265 g/mol. The Kier molecular flexibility index (Phi) is 3.09. The second kappa shape index (κ2) is 5.05. The maximum atomic E-state index is 6.09. The van der Waals surface area contributed by atoms with Gasteiger partial charge in [-0.2, -0.15) is 5.10 Å². The summed E-state index contributed by atoms with van der Waals surface area (Å²) in [5, 5.41) is 4.35. The summed E-state index contributed by atoms with van der Waals surface area (Å²) in [6.45, 7) is 4.35. The average Bonchev–Trinajstić information content (AvgIpc) is 3.08. The standard InChI is InChI=1S/C15H15N5/c1-2-8-19-11-17-14(15(19)16)12-9-18-20(10-12)13-6-4-3-5-7-13/h2-7,9-11H,1,8,16H2. The number of benzene rings is 1. The quantitative estimate of drug-likeness (QED) is 0.737. The molecule has 0 spiro atoms. The van der Waals surface area contributed by atoms with Crippen LogP contribution in [0, 0.1) is 0 Å². The first-order chi connectivity index (χ1) is 9.79. The van der Waals surface area contributed by atoms with Gasteiger partial charge in [-0.25, -0.2) is 9.67 Å². The lowest BCUT2D eigenvalue weighted by molar-refractivity contribution is 0.833. The van der Waals surface area contributed by atoms with E-state index in [4.69, 9.17) is 5.73 Å². The molecule has 0 bridgehead atoms. The number of para-hydroxylation sites is 1. The van der Waals surface area contributed by atoms with Crippen molar-refractivity contribution < 1.29 is 0 Å². The van der Waals surface area contributed by atoms with Gasteiger partial charge in [0.25, 0.3) is 0 Å². The normalized spacial score (nSPS) is 10.6. The number of nitrogen functional groups attached to an aromatic ring is 1. The topological polar surface area (TPSA) is 61.7 Å². The predicted molar refractivity (Wildman–Crippen MR) is 79.4 cm³/mol. The number of nitrogens with zero attached hydrogens (tertiary/aromatic N) is 4. The Hall–Kier alpha value is -2.82. The molecule has 0 aliphatic heterocycles. The van der Waals surface area contributed by atoms with Crippen molar-refractivity contribution in [3.63, 3.8) is 0 Å². The summed E-state index contributed by atoms with van der Waals surface area (Å²) in [5.41, 5.74) is 8.73. The van der Waals surface area contributed by atoms with Gasteiger partial charge in [-0.3, -0.25) is 0 Å². The van der Waals surface area contributed by atoms with E-state index in [0.717, 1.165) is 16.9 Å². The summed E-state index contributed by atoms with van der Waals surface area (Å²) in [6.07, 6.45) is 7.19. The molecule has 3 aromatic rings. The van der Waals surface area contributed by atoms with Crippen LogP contribution in [0.15, 0.2) is 61.7 Å². The van der Waals surface area contributed by atoms with Gasteiger partial charge >= 0.3 is 0 Å². The highest BCUT2D eigenvalue weighted by molar-refractivity contribution is 5.69. The number of hydrogen-bond acceptors (Lipinski definition) is 3. The van der Waals surface area contributed by atoms with Crippen LogP contribution in [0.5, 0.6) is 0 Å². The van der Waals surface area contributed by atoms with Gasteiger partial charge < -0.3 is 10.3 Å². The van der Waals surface area contributed by atoms with Crippen LogP contribution >= 0.6 is 0 Å². The van der Waals surface area contributed by atoms with Crippen LogP contribution in [0.2, 0.25) is 0 Å². The zero-order chi connectivity index (χ0) is 13.9. The van der Waals surface area contributed by atoms with Crippen molar-refractivity contribution in [1.82, 2.24) is 19.3 Å². The van der Waals surface area contributed by atoms with Crippen LogP contribution in [-0.2, 0) is 6.54 Å². The molecule has 100 valence electrons. The Bertz CT molecular complexity index is 724. The fourth-order valence-corrected chi connectivity index (χ4v) is 2.07. The molecule has 0 amide bonds. The molecule has 0 radical (unpaired) electrons. The smallest absolute Gasteiger partial charge is 0.131 e. The van der Waals surface area contributed by atoms with E-state index in [9.17, 15) is 0 Å². The maximum Gasteiger partial charge on any atom is 0.131 e. The first kappa shape index (κ1) is 12.2. The number of nitrogens with two attached hydrogens (primary N) is 1. The monoisotopic (exact) mass is 265 g/mol. The third-order valence-corrected chi connectivity index (χ3v) is 3.08. The van der Waals surface area contributed by atoms with Gasteiger partial charge in [0.15, 0.2) is 0 Å². The highest BCUT2D eigenvalue weighted by Crippen LogP contribution is 2.24. The number of imidazole rings is 1. The summed E-state index contributed by atoms with van der Waals surface area (Å²) in [4.78, 5) is 4.35. The molecule has 2 aromatic heterocycles. The highest BCUT2D eigenvalue weighted by atomic mass is 15.3. The lowest BCUT2D eigenvalue weighted by atomic mass is 10.2. The fraction of sp³-hybridized carbons (Fsp3) is 0.0667. The summed E-state index contributed by atoms with van der Waals surface area (Å²) in [5.74, 6) is 0.623. The van der Waals surface area contributed by atoms with Crippen molar-refractivity contribution in [2.75, 3.05) is 5.73 Å². The maximum absolute atomic E-state index is 6.09. The molecule has 0 aliphatic carbocycles. The Labute approximate surface area is 117 Å². The van der Waals surface area contributed by atoms with Gasteiger partial charge in [0.05, 0.1) is 18.2 Å². The molecular weight excluding hydrogens is 250 g/mol. The lowest BCUT2D eigenvalue weighted by Crippen LogP contribution is -2.00. The van der Waals surface area contributed by atoms with E-state index in [0.29, 0.717) is 12.4 Å². The van der Waals surface area contributed by atoms with Crippen molar-refractivity contribution in [3.05, 3.63) is 61.7 Å². The highest BCUT2D eigenvalue weighted by Gasteiger charge is 2.11. The minimum atomic E-state index is 0.623.